The minimum absolute atomic E-state index is 0.0374. The van der Waals surface area contributed by atoms with Gasteiger partial charge in [-0.25, -0.2) is 0 Å². The average Bonchev–Trinajstić information content (AvgIpc) is 2.79. The number of allylic oxidation sites excluding steroid dienone is 1. The van der Waals surface area contributed by atoms with Gasteiger partial charge < -0.3 is 14.6 Å². The number of ketones is 2. The van der Waals surface area contributed by atoms with Gasteiger partial charge in [0.2, 0.25) is 0 Å². The van der Waals surface area contributed by atoms with Crippen molar-refractivity contribution in [3.05, 3.63) is 35.1 Å². The second-order valence-corrected chi connectivity index (χ2v) is 6.78. The molecule has 6 heteroatoms. The summed E-state index contributed by atoms with van der Waals surface area (Å²) < 4.78 is 10.4. The number of hydrogen-bond acceptors (Lipinski definition) is 6. The van der Waals surface area contributed by atoms with Crippen molar-refractivity contribution in [1.82, 2.24) is 4.90 Å². The Hall–Kier alpha value is -2.34. The largest absolute Gasteiger partial charge is 0.504 e. The van der Waals surface area contributed by atoms with E-state index in [9.17, 15) is 14.7 Å². The van der Waals surface area contributed by atoms with Crippen LogP contribution >= 0.6 is 0 Å². The number of carbonyl (C=O) groups excluding carboxylic acids is 2. The van der Waals surface area contributed by atoms with Gasteiger partial charge in [-0.2, -0.15) is 0 Å². The molecule has 0 spiro atoms. The Kier molecular flexibility index (Phi) is 3.06. The first kappa shape index (κ1) is 15.2. The lowest BCUT2D eigenvalue weighted by molar-refractivity contribution is -0.120. The number of phenolic OH excluding ortho intramolecular Hbond substituents is 1. The van der Waals surface area contributed by atoms with Crippen LogP contribution in [0.5, 0.6) is 11.5 Å². The number of phenols is 1. The Morgan fingerprint density at radius 2 is 2.00 bits per heavy atom. The SMILES string of the molecule is COC1=CC2[C@@H]3C(=O)c4ccc(OC)c(O)c4[C@@]2(CC1=O)CN3C. The summed E-state index contributed by atoms with van der Waals surface area (Å²) in [6.07, 6.45) is 1.97. The van der Waals surface area contributed by atoms with E-state index in [2.05, 4.69) is 0 Å². The highest BCUT2D eigenvalue weighted by Gasteiger charge is 2.62. The maximum absolute atomic E-state index is 13.0. The first-order chi connectivity index (χ1) is 11.4. The van der Waals surface area contributed by atoms with Crippen molar-refractivity contribution in [3.63, 3.8) is 0 Å². The highest BCUT2D eigenvalue weighted by molar-refractivity contribution is 6.07. The van der Waals surface area contributed by atoms with Crippen molar-refractivity contribution >= 4 is 11.6 Å². The lowest BCUT2D eigenvalue weighted by Crippen LogP contribution is -2.48. The van der Waals surface area contributed by atoms with E-state index >= 15 is 0 Å². The number of benzene rings is 1. The van der Waals surface area contributed by atoms with Crippen LogP contribution in [0.1, 0.15) is 22.3 Å². The van der Waals surface area contributed by atoms with Crippen LogP contribution in [0, 0.1) is 5.92 Å². The van der Waals surface area contributed by atoms with Crippen LogP contribution in [0.15, 0.2) is 24.0 Å². The summed E-state index contributed by atoms with van der Waals surface area (Å²) in [7, 11) is 4.82. The van der Waals surface area contributed by atoms with Crippen molar-refractivity contribution in [2.24, 2.45) is 5.92 Å². The number of Topliss-reactive ketones (excluding diaryl/α,β-unsaturated/α-hetero) is 2. The predicted molar refractivity (Wildman–Crippen MR) is 85.3 cm³/mol. The molecule has 1 aromatic rings. The third-order valence-corrected chi connectivity index (χ3v) is 5.68. The monoisotopic (exact) mass is 329 g/mol. The fraction of sp³-hybridized carbons (Fsp3) is 0.444. The van der Waals surface area contributed by atoms with E-state index in [4.69, 9.17) is 9.47 Å². The normalized spacial score (nSPS) is 31.4. The van der Waals surface area contributed by atoms with E-state index < -0.39 is 5.41 Å². The van der Waals surface area contributed by atoms with Crippen LogP contribution < -0.4 is 4.74 Å². The summed E-state index contributed by atoms with van der Waals surface area (Å²) in [5.74, 6) is 0.235. The Bertz CT molecular complexity index is 799. The maximum Gasteiger partial charge on any atom is 0.197 e. The van der Waals surface area contributed by atoms with E-state index in [0.717, 1.165) is 0 Å². The molecule has 1 unspecified atom stereocenters. The predicted octanol–water partition coefficient (Wildman–Crippen LogP) is 1.27. The summed E-state index contributed by atoms with van der Waals surface area (Å²) in [6, 6.07) is 2.95. The Morgan fingerprint density at radius 1 is 1.25 bits per heavy atom. The molecule has 2 bridgehead atoms. The molecule has 24 heavy (non-hydrogen) atoms. The zero-order chi connectivity index (χ0) is 17.2. The van der Waals surface area contributed by atoms with Gasteiger partial charge in [0.05, 0.1) is 20.3 Å². The van der Waals surface area contributed by atoms with Crippen LogP contribution in [0.2, 0.25) is 0 Å². The van der Waals surface area contributed by atoms with Gasteiger partial charge in [0, 0.05) is 35.4 Å². The second-order valence-electron chi connectivity index (χ2n) is 6.78. The zero-order valence-electron chi connectivity index (χ0n) is 13.8. The Balaban J connectivity index is 2.03. The molecule has 6 nitrogen and oxygen atoms in total. The van der Waals surface area contributed by atoms with Gasteiger partial charge in [0.1, 0.15) is 0 Å². The molecule has 126 valence electrons. The standard InChI is InChI=1S/C18H19NO5/c1-19-8-18-7-11(20)13(24-3)6-10(18)15(19)16(21)9-4-5-12(23-2)17(22)14(9)18/h4-6,10,15,22H,7-8H2,1-3H3/t10?,15-,18+/m1/s1. The molecule has 2 aliphatic carbocycles. The first-order valence-corrected chi connectivity index (χ1v) is 7.88. The quantitative estimate of drug-likeness (QED) is 0.880. The summed E-state index contributed by atoms with van der Waals surface area (Å²) >= 11 is 0. The molecule has 0 radical (unpaired) electrons. The van der Waals surface area contributed by atoms with Crippen LogP contribution in [-0.4, -0.2) is 55.4 Å². The number of nitrogens with zero attached hydrogens (tertiary/aromatic N) is 1. The molecule has 1 N–H and O–H groups in total. The fourth-order valence-corrected chi connectivity index (χ4v) is 4.76. The Morgan fingerprint density at radius 3 is 2.67 bits per heavy atom. The minimum Gasteiger partial charge on any atom is -0.504 e. The number of ether oxygens (including phenoxy) is 2. The van der Waals surface area contributed by atoms with E-state index in [-0.39, 0.29) is 35.7 Å². The molecule has 1 saturated heterocycles. The van der Waals surface area contributed by atoms with Gasteiger partial charge in [0.15, 0.2) is 28.8 Å². The third kappa shape index (κ3) is 1.64. The molecule has 3 aliphatic rings. The molecule has 0 amide bonds. The third-order valence-electron chi connectivity index (χ3n) is 5.68. The Labute approximate surface area is 139 Å². The topological polar surface area (TPSA) is 76.1 Å². The molecular weight excluding hydrogens is 310 g/mol. The summed E-state index contributed by atoms with van der Waals surface area (Å²) in [5.41, 5.74) is 0.401. The number of aromatic hydroxyl groups is 1. The van der Waals surface area contributed by atoms with Crippen LogP contribution in [0.3, 0.4) is 0 Å². The van der Waals surface area contributed by atoms with Gasteiger partial charge in [-0.05, 0) is 25.3 Å². The fourth-order valence-electron chi connectivity index (χ4n) is 4.76. The van der Waals surface area contributed by atoms with Crippen molar-refractivity contribution < 1.29 is 24.2 Å². The average molecular weight is 329 g/mol. The molecular formula is C18H19NO5. The number of fused-ring (bicyclic) bond motifs is 1. The number of likely N-dealkylation sites (tertiary alicyclic amines) is 1. The molecule has 1 aromatic carbocycles. The number of rotatable bonds is 2. The molecule has 1 heterocycles. The van der Waals surface area contributed by atoms with Crippen molar-refractivity contribution in [2.75, 3.05) is 27.8 Å². The maximum atomic E-state index is 13.0. The number of methoxy groups -OCH3 is 2. The smallest absolute Gasteiger partial charge is 0.197 e. The van der Waals surface area contributed by atoms with Crippen LogP contribution in [0.4, 0.5) is 0 Å². The van der Waals surface area contributed by atoms with Crippen molar-refractivity contribution in [2.45, 2.75) is 17.9 Å². The van der Waals surface area contributed by atoms with Crippen molar-refractivity contribution in [1.29, 1.82) is 0 Å². The molecule has 0 saturated carbocycles. The molecule has 1 aliphatic heterocycles. The van der Waals surface area contributed by atoms with Gasteiger partial charge in [-0.3, -0.25) is 14.5 Å². The number of likely N-dealkylation sites (N-methyl/N-ethyl adjacent to an activating group) is 1. The molecule has 4 rings (SSSR count). The number of hydrogen-bond donors (Lipinski definition) is 1. The first-order valence-electron chi connectivity index (χ1n) is 7.88. The lowest BCUT2D eigenvalue weighted by atomic mass is 9.59. The summed E-state index contributed by atoms with van der Waals surface area (Å²) in [5, 5.41) is 10.7. The van der Waals surface area contributed by atoms with Gasteiger partial charge in [-0.1, -0.05) is 0 Å². The van der Waals surface area contributed by atoms with E-state index in [1.165, 1.54) is 14.2 Å². The molecule has 3 atom stereocenters. The van der Waals surface area contributed by atoms with E-state index in [1.54, 1.807) is 18.2 Å². The highest BCUT2D eigenvalue weighted by atomic mass is 16.5. The minimum atomic E-state index is -0.625. The van der Waals surface area contributed by atoms with Crippen molar-refractivity contribution in [3.8, 4) is 11.5 Å². The molecule has 1 fully saturated rings. The lowest BCUT2D eigenvalue weighted by Gasteiger charge is -2.42. The van der Waals surface area contributed by atoms with Gasteiger partial charge in [0.25, 0.3) is 0 Å². The zero-order valence-corrected chi connectivity index (χ0v) is 13.8. The summed E-state index contributed by atoms with van der Waals surface area (Å²) in [6.45, 7) is 0.529. The highest BCUT2D eigenvalue weighted by Crippen LogP contribution is 2.57. The second kappa shape index (κ2) is 4.83. The van der Waals surface area contributed by atoms with Crippen LogP contribution in [0.25, 0.3) is 0 Å². The van der Waals surface area contributed by atoms with Gasteiger partial charge in [-0.15, -0.1) is 0 Å². The van der Waals surface area contributed by atoms with Crippen LogP contribution in [-0.2, 0) is 14.9 Å². The number of carbonyl (C=O) groups is 2. The molecule has 0 aromatic heterocycles. The van der Waals surface area contributed by atoms with E-state index in [1.807, 2.05) is 11.9 Å². The van der Waals surface area contributed by atoms with E-state index in [0.29, 0.717) is 29.2 Å². The summed E-state index contributed by atoms with van der Waals surface area (Å²) in [4.78, 5) is 27.5. The van der Waals surface area contributed by atoms with Gasteiger partial charge >= 0.3 is 0 Å².